The van der Waals surface area contributed by atoms with E-state index in [1.807, 2.05) is 13.8 Å². The summed E-state index contributed by atoms with van der Waals surface area (Å²) in [5, 5.41) is 14.8. The van der Waals surface area contributed by atoms with Gasteiger partial charge in [0, 0.05) is 12.5 Å². The van der Waals surface area contributed by atoms with Crippen LogP contribution in [0.2, 0.25) is 0 Å². The zero-order chi connectivity index (χ0) is 21.1. The molecule has 1 fully saturated rings. The van der Waals surface area contributed by atoms with Gasteiger partial charge in [0.1, 0.15) is 12.1 Å². The fourth-order valence-corrected chi connectivity index (χ4v) is 3.39. The van der Waals surface area contributed by atoms with Crippen LogP contribution in [0.5, 0.6) is 0 Å². The number of carbonyl (C=O) groups is 3. The van der Waals surface area contributed by atoms with Gasteiger partial charge in [-0.25, -0.2) is 4.79 Å². The molecule has 0 saturated heterocycles. The van der Waals surface area contributed by atoms with Crippen molar-refractivity contribution in [1.82, 2.24) is 10.6 Å². The summed E-state index contributed by atoms with van der Waals surface area (Å²) in [4.78, 5) is 40.5. The van der Waals surface area contributed by atoms with Crippen molar-refractivity contribution < 1.29 is 19.5 Å². The molecule has 0 unspecified atom stereocenters. The van der Waals surface area contributed by atoms with Gasteiger partial charge in [0.05, 0.1) is 0 Å². The normalized spacial score (nSPS) is 16.8. The molecule has 0 aromatic carbocycles. The number of hydrogen-bond acceptors (Lipinski definition) is 4. The molecule has 1 aliphatic carbocycles. The number of aliphatic carboxylic acids is 1. The Labute approximate surface area is 166 Å². The standard InChI is InChI=1S/C19H35N5O4/c1-12(2)11-15(24-16(25)13-7-4-3-5-8-13)17(26)23-14(18(27)28)9-6-10-22-19(20)21/h12-15H,3-11H2,1-2H3,(H,23,26)(H,24,25)(H,27,28)(H4,20,21,22)/t14-,15-/m0/s1. The number of rotatable bonds is 11. The summed E-state index contributed by atoms with van der Waals surface area (Å²) in [6, 6.07) is -1.79. The maximum Gasteiger partial charge on any atom is 0.326 e. The molecule has 2 atom stereocenters. The number of hydrogen-bond donors (Lipinski definition) is 5. The van der Waals surface area contributed by atoms with Crippen LogP contribution < -0.4 is 22.1 Å². The Morgan fingerprint density at radius 2 is 1.71 bits per heavy atom. The lowest BCUT2D eigenvalue weighted by Gasteiger charge is -2.26. The number of guanidine groups is 1. The van der Waals surface area contributed by atoms with E-state index in [9.17, 15) is 19.5 Å². The molecule has 2 amide bonds. The molecule has 0 aromatic rings. The van der Waals surface area contributed by atoms with E-state index in [2.05, 4.69) is 15.6 Å². The lowest BCUT2D eigenvalue weighted by atomic mass is 9.88. The maximum absolute atomic E-state index is 12.7. The molecule has 0 heterocycles. The number of amides is 2. The number of nitrogens with zero attached hydrogens (tertiary/aromatic N) is 1. The highest BCUT2D eigenvalue weighted by molar-refractivity contribution is 5.91. The predicted molar refractivity (Wildman–Crippen MR) is 107 cm³/mol. The van der Waals surface area contributed by atoms with Gasteiger partial charge in [-0.05, 0) is 38.0 Å². The average Bonchev–Trinajstić information content (AvgIpc) is 2.63. The Morgan fingerprint density at radius 3 is 2.25 bits per heavy atom. The summed E-state index contributed by atoms with van der Waals surface area (Å²) in [5.74, 6) is -1.65. The number of nitrogens with two attached hydrogens (primary N) is 2. The molecule has 160 valence electrons. The Morgan fingerprint density at radius 1 is 1.07 bits per heavy atom. The van der Waals surface area contributed by atoms with Crippen LogP contribution in [0.3, 0.4) is 0 Å². The van der Waals surface area contributed by atoms with Gasteiger partial charge >= 0.3 is 5.97 Å². The van der Waals surface area contributed by atoms with E-state index < -0.39 is 24.0 Å². The Balaban J connectivity index is 2.68. The number of aliphatic imine (C=N–C) groups is 1. The van der Waals surface area contributed by atoms with Gasteiger partial charge in [-0.3, -0.25) is 14.6 Å². The van der Waals surface area contributed by atoms with Crippen LogP contribution >= 0.6 is 0 Å². The number of carboxylic acid groups (broad SMARTS) is 1. The van der Waals surface area contributed by atoms with Crippen molar-refractivity contribution >= 4 is 23.7 Å². The van der Waals surface area contributed by atoms with Gasteiger partial charge in [-0.1, -0.05) is 33.1 Å². The second kappa shape index (κ2) is 12.2. The fourth-order valence-electron chi connectivity index (χ4n) is 3.39. The van der Waals surface area contributed by atoms with E-state index in [1.54, 1.807) is 0 Å². The van der Waals surface area contributed by atoms with E-state index in [-0.39, 0.29) is 36.7 Å². The Bertz CT molecular complexity index is 555. The molecule has 9 nitrogen and oxygen atoms in total. The summed E-state index contributed by atoms with van der Waals surface area (Å²) in [7, 11) is 0. The van der Waals surface area contributed by atoms with E-state index >= 15 is 0 Å². The van der Waals surface area contributed by atoms with Crippen molar-refractivity contribution in [2.45, 2.75) is 77.3 Å². The smallest absolute Gasteiger partial charge is 0.326 e. The van der Waals surface area contributed by atoms with Gasteiger partial charge in [-0.15, -0.1) is 0 Å². The molecular weight excluding hydrogens is 362 g/mol. The highest BCUT2D eigenvalue weighted by Crippen LogP contribution is 2.24. The van der Waals surface area contributed by atoms with Gasteiger partial charge in [0.15, 0.2) is 5.96 Å². The van der Waals surface area contributed by atoms with Crippen molar-refractivity contribution in [3.63, 3.8) is 0 Å². The zero-order valence-corrected chi connectivity index (χ0v) is 16.9. The second-order valence-electron chi connectivity index (χ2n) is 7.87. The zero-order valence-electron chi connectivity index (χ0n) is 16.9. The molecule has 1 aliphatic rings. The van der Waals surface area contributed by atoms with Crippen LogP contribution in [-0.2, 0) is 14.4 Å². The molecule has 1 saturated carbocycles. The first-order chi connectivity index (χ1) is 13.2. The fraction of sp³-hybridized carbons (Fsp3) is 0.789. The van der Waals surface area contributed by atoms with Crippen LogP contribution in [0, 0.1) is 11.8 Å². The Kier molecular flexibility index (Phi) is 10.3. The van der Waals surface area contributed by atoms with Crippen molar-refractivity contribution in [2.24, 2.45) is 28.3 Å². The summed E-state index contributed by atoms with van der Waals surface area (Å²) in [6.45, 7) is 4.20. The lowest BCUT2D eigenvalue weighted by Crippen LogP contribution is -2.53. The van der Waals surface area contributed by atoms with Crippen LogP contribution in [0.1, 0.15) is 65.2 Å². The van der Waals surface area contributed by atoms with Crippen molar-refractivity contribution in [3.05, 3.63) is 0 Å². The summed E-state index contributed by atoms with van der Waals surface area (Å²) < 4.78 is 0. The molecule has 0 aliphatic heterocycles. The quantitative estimate of drug-likeness (QED) is 0.196. The molecule has 0 radical (unpaired) electrons. The predicted octanol–water partition coefficient (Wildman–Crippen LogP) is 0.721. The van der Waals surface area contributed by atoms with Gasteiger partial charge in [-0.2, -0.15) is 0 Å². The van der Waals surface area contributed by atoms with Crippen LogP contribution in [0.25, 0.3) is 0 Å². The van der Waals surface area contributed by atoms with E-state index in [1.165, 1.54) is 0 Å². The third-order valence-corrected chi connectivity index (χ3v) is 4.88. The molecule has 0 spiro atoms. The highest BCUT2D eigenvalue weighted by Gasteiger charge is 2.29. The summed E-state index contributed by atoms with van der Waals surface area (Å²) >= 11 is 0. The highest BCUT2D eigenvalue weighted by atomic mass is 16.4. The first-order valence-corrected chi connectivity index (χ1v) is 10.1. The number of nitrogens with one attached hydrogen (secondary N) is 2. The lowest BCUT2D eigenvalue weighted by molar-refractivity contribution is -0.142. The van der Waals surface area contributed by atoms with Crippen molar-refractivity contribution in [2.75, 3.05) is 6.54 Å². The summed E-state index contributed by atoms with van der Waals surface area (Å²) in [5.41, 5.74) is 10.5. The molecule has 0 aromatic heterocycles. The average molecular weight is 398 g/mol. The van der Waals surface area contributed by atoms with E-state index in [0.29, 0.717) is 12.8 Å². The maximum atomic E-state index is 12.7. The largest absolute Gasteiger partial charge is 0.480 e. The monoisotopic (exact) mass is 397 g/mol. The minimum atomic E-state index is -1.13. The molecule has 1 rings (SSSR count). The van der Waals surface area contributed by atoms with Gasteiger partial charge < -0.3 is 27.2 Å². The van der Waals surface area contributed by atoms with E-state index in [4.69, 9.17) is 11.5 Å². The number of carboxylic acids is 1. The van der Waals surface area contributed by atoms with Gasteiger partial charge in [0.25, 0.3) is 0 Å². The molecule has 9 heteroatoms. The minimum absolute atomic E-state index is 0.0571. The number of carbonyl (C=O) groups excluding carboxylic acids is 2. The SMILES string of the molecule is CC(C)C[C@H](NC(=O)C1CCCCC1)C(=O)N[C@@H](CCCN=C(N)N)C(=O)O. The van der Waals surface area contributed by atoms with Crippen molar-refractivity contribution in [3.8, 4) is 0 Å². The first-order valence-electron chi connectivity index (χ1n) is 10.1. The van der Waals surface area contributed by atoms with Gasteiger partial charge in [0.2, 0.25) is 11.8 Å². The third kappa shape index (κ3) is 9.05. The Hall–Kier alpha value is -2.32. The second-order valence-corrected chi connectivity index (χ2v) is 7.87. The topological polar surface area (TPSA) is 160 Å². The van der Waals surface area contributed by atoms with Crippen molar-refractivity contribution in [1.29, 1.82) is 0 Å². The van der Waals surface area contributed by atoms with Crippen LogP contribution in [-0.4, -0.2) is 47.5 Å². The molecule has 7 N–H and O–H groups in total. The molecule has 0 bridgehead atoms. The van der Waals surface area contributed by atoms with Crippen LogP contribution in [0.4, 0.5) is 0 Å². The van der Waals surface area contributed by atoms with Crippen LogP contribution in [0.15, 0.2) is 4.99 Å². The molecule has 28 heavy (non-hydrogen) atoms. The molecular formula is C19H35N5O4. The first kappa shape index (κ1) is 23.7. The summed E-state index contributed by atoms with van der Waals surface area (Å²) in [6.07, 6.45) is 5.92. The van der Waals surface area contributed by atoms with E-state index in [0.717, 1.165) is 32.1 Å². The minimum Gasteiger partial charge on any atom is -0.480 e. The third-order valence-electron chi connectivity index (χ3n) is 4.88.